The molecule has 2 aliphatic heterocycles. The molecule has 0 saturated carbocycles. The Hall–Kier alpha value is -3.04. The number of carboxylic acids is 1. The Balaban J connectivity index is 1.59. The predicted molar refractivity (Wildman–Crippen MR) is 139 cm³/mol. The van der Waals surface area contributed by atoms with Gasteiger partial charge in [0.25, 0.3) is 0 Å². The first-order valence-electron chi connectivity index (χ1n) is 13.3. The van der Waals surface area contributed by atoms with Crippen LogP contribution in [0.15, 0.2) is 36.5 Å². The second-order valence-electron chi connectivity index (χ2n) is 10.0. The molecule has 0 spiro atoms. The molecule has 1 unspecified atom stereocenters. The molecule has 0 radical (unpaired) electrons. The highest BCUT2D eigenvalue weighted by molar-refractivity contribution is 5.79. The number of likely N-dealkylation sites (tertiary alicyclic amines) is 1. The van der Waals surface area contributed by atoms with Gasteiger partial charge in [0.1, 0.15) is 0 Å². The summed E-state index contributed by atoms with van der Waals surface area (Å²) in [4.78, 5) is 30.0. The fourth-order valence-corrected chi connectivity index (χ4v) is 5.63. The molecule has 3 atom stereocenters. The van der Waals surface area contributed by atoms with Gasteiger partial charge in [0.05, 0.1) is 12.5 Å². The molecule has 1 amide bonds. The molecule has 1 aromatic heterocycles. The van der Waals surface area contributed by atoms with Gasteiger partial charge in [-0.2, -0.15) is 0 Å². The molecule has 1 fully saturated rings. The van der Waals surface area contributed by atoms with Crippen molar-refractivity contribution in [2.24, 2.45) is 13.0 Å². The second-order valence-corrected chi connectivity index (χ2v) is 10.0. The minimum Gasteiger partial charge on any atom is -0.481 e. The fourth-order valence-electron chi connectivity index (χ4n) is 5.63. The summed E-state index contributed by atoms with van der Waals surface area (Å²) in [6, 6.07) is 9.39. The summed E-state index contributed by atoms with van der Waals surface area (Å²) >= 11 is 0. The van der Waals surface area contributed by atoms with Crippen LogP contribution in [0.2, 0.25) is 0 Å². The van der Waals surface area contributed by atoms with E-state index in [1.807, 2.05) is 42.4 Å². The van der Waals surface area contributed by atoms with E-state index in [1.165, 1.54) is 0 Å². The van der Waals surface area contributed by atoms with E-state index in [9.17, 15) is 19.8 Å². The lowest BCUT2D eigenvalue weighted by Crippen LogP contribution is -2.45. The van der Waals surface area contributed by atoms with Crippen molar-refractivity contribution in [2.75, 3.05) is 39.6 Å². The molecule has 0 bridgehead atoms. The number of aromatic nitrogens is 1. The molecular weight excluding hydrogens is 474 g/mol. The average molecular weight is 514 g/mol. The van der Waals surface area contributed by atoms with Gasteiger partial charge in [0.2, 0.25) is 12.7 Å². The van der Waals surface area contributed by atoms with Crippen LogP contribution in [-0.4, -0.2) is 82.1 Å². The molecule has 3 heterocycles. The molecule has 9 heteroatoms. The third-order valence-electron chi connectivity index (χ3n) is 7.66. The summed E-state index contributed by atoms with van der Waals surface area (Å²) in [6.07, 6.45) is 5.74. The number of amides is 1. The highest BCUT2D eigenvalue weighted by Gasteiger charge is 2.47. The van der Waals surface area contributed by atoms with E-state index in [-0.39, 0.29) is 37.8 Å². The SMILES string of the molecule is CCCCN(CCCO)C(=O)CN1C[C@H](c2ccc3c(c2)OCO3)C(C(=O)O)[C@@H]1CCc1cccn1C. The normalized spacial score (nSPS) is 20.9. The van der Waals surface area contributed by atoms with E-state index in [2.05, 4.69) is 22.5 Å². The maximum absolute atomic E-state index is 13.4. The van der Waals surface area contributed by atoms with Crippen molar-refractivity contribution in [1.82, 2.24) is 14.4 Å². The van der Waals surface area contributed by atoms with Crippen molar-refractivity contribution in [3.05, 3.63) is 47.8 Å². The zero-order valence-corrected chi connectivity index (χ0v) is 21.8. The van der Waals surface area contributed by atoms with Crippen LogP contribution in [0.25, 0.3) is 0 Å². The van der Waals surface area contributed by atoms with Crippen LogP contribution in [0.5, 0.6) is 11.5 Å². The van der Waals surface area contributed by atoms with Crippen LogP contribution < -0.4 is 9.47 Å². The van der Waals surface area contributed by atoms with Gasteiger partial charge in [-0.1, -0.05) is 19.4 Å². The molecule has 0 aliphatic carbocycles. The molecular formula is C28H39N3O6. The lowest BCUT2D eigenvalue weighted by atomic mass is 9.83. The Labute approximate surface area is 218 Å². The Morgan fingerprint density at radius 2 is 1.92 bits per heavy atom. The topological polar surface area (TPSA) is 104 Å². The van der Waals surface area contributed by atoms with Gasteiger partial charge >= 0.3 is 5.97 Å². The van der Waals surface area contributed by atoms with Crippen LogP contribution in [0.3, 0.4) is 0 Å². The Kier molecular flexibility index (Phi) is 9.10. The van der Waals surface area contributed by atoms with Gasteiger partial charge in [0, 0.05) is 57.1 Å². The minimum atomic E-state index is -0.849. The summed E-state index contributed by atoms with van der Waals surface area (Å²) < 4.78 is 13.1. The Morgan fingerprint density at radius 1 is 1.14 bits per heavy atom. The first kappa shape index (κ1) is 27.0. The van der Waals surface area contributed by atoms with Crippen LogP contribution in [0, 0.1) is 5.92 Å². The number of nitrogens with zero attached hydrogens (tertiary/aromatic N) is 3. The molecule has 202 valence electrons. The number of carbonyl (C=O) groups is 2. The summed E-state index contributed by atoms with van der Waals surface area (Å²) in [6.45, 7) is 4.07. The van der Waals surface area contributed by atoms with Crippen molar-refractivity contribution < 1.29 is 29.3 Å². The van der Waals surface area contributed by atoms with Crippen LogP contribution >= 0.6 is 0 Å². The minimum absolute atomic E-state index is 0.0127. The molecule has 2 aliphatic rings. The van der Waals surface area contributed by atoms with Gasteiger partial charge < -0.3 is 29.2 Å². The number of carboxylic acid groups (broad SMARTS) is 1. The van der Waals surface area contributed by atoms with Crippen molar-refractivity contribution in [3.8, 4) is 11.5 Å². The predicted octanol–water partition coefficient (Wildman–Crippen LogP) is 2.87. The lowest BCUT2D eigenvalue weighted by molar-refractivity contribution is -0.143. The molecule has 1 saturated heterocycles. The summed E-state index contributed by atoms with van der Waals surface area (Å²) in [5, 5.41) is 19.7. The molecule has 9 nitrogen and oxygen atoms in total. The van der Waals surface area contributed by atoms with E-state index in [4.69, 9.17) is 9.47 Å². The molecule has 1 aromatic carbocycles. The zero-order valence-electron chi connectivity index (χ0n) is 21.8. The first-order valence-corrected chi connectivity index (χ1v) is 13.3. The van der Waals surface area contributed by atoms with Crippen molar-refractivity contribution in [3.63, 3.8) is 0 Å². The third kappa shape index (κ3) is 6.27. The molecule has 2 aromatic rings. The number of aliphatic carboxylic acids is 1. The number of ether oxygens (including phenoxy) is 2. The quantitative estimate of drug-likeness (QED) is 0.424. The molecule has 4 rings (SSSR count). The van der Waals surface area contributed by atoms with Crippen molar-refractivity contribution >= 4 is 11.9 Å². The Morgan fingerprint density at radius 3 is 2.62 bits per heavy atom. The lowest BCUT2D eigenvalue weighted by Gasteiger charge is -2.29. The smallest absolute Gasteiger partial charge is 0.308 e. The number of aliphatic hydroxyl groups excluding tert-OH is 1. The number of hydrogen-bond donors (Lipinski definition) is 2. The number of aryl methyl sites for hydroxylation is 2. The van der Waals surface area contributed by atoms with Gasteiger partial charge in [-0.25, -0.2) is 0 Å². The number of aliphatic hydroxyl groups is 1. The fraction of sp³-hybridized carbons (Fsp3) is 0.571. The van der Waals surface area contributed by atoms with Gasteiger partial charge in [-0.15, -0.1) is 0 Å². The number of unbranched alkanes of at least 4 members (excludes halogenated alkanes) is 1. The van der Waals surface area contributed by atoms with E-state index in [0.717, 1.165) is 30.5 Å². The van der Waals surface area contributed by atoms with Crippen LogP contribution in [0.1, 0.15) is 49.8 Å². The number of benzene rings is 1. The number of rotatable bonds is 13. The van der Waals surface area contributed by atoms with Crippen molar-refractivity contribution in [2.45, 2.75) is 51.0 Å². The standard InChI is InChI=1S/C28H39N3O6/c1-3-4-13-30(14-6-15-32)26(33)18-31-17-22(20-8-11-24-25(16-20)37-19-36-24)27(28(34)35)23(31)10-9-21-7-5-12-29(21)2/h5,7-8,11-12,16,22-23,27,32H,3-4,6,9-10,13-15,17-19H2,1-2H3,(H,34,35)/t22-,23+,27?/m1/s1. The molecule has 37 heavy (non-hydrogen) atoms. The van der Waals surface area contributed by atoms with E-state index >= 15 is 0 Å². The zero-order chi connectivity index (χ0) is 26.4. The van der Waals surface area contributed by atoms with Crippen molar-refractivity contribution in [1.29, 1.82) is 0 Å². The maximum atomic E-state index is 13.4. The number of carbonyl (C=O) groups excluding carboxylic acids is 1. The van der Waals surface area contributed by atoms with Crippen LogP contribution in [0.4, 0.5) is 0 Å². The second kappa shape index (κ2) is 12.5. The molecule has 2 N–H and O–H groups in total. The van der Waals surface area contributed by atoms with Gasteiger partial charge in [-0.3, -0.25) is 14.5 Å². The monoisotopic (exact) mass is 513 g/mol. The summed E-state index contributed by atoms with van der Waals surface area (Å²) in [7, 11) is 1.99. The van der Waals surface area contributed by atoms with Gasteiger partial charge in [0.15, 0.2) is 11.5 Å². The van der Waals surface area contributed by atoms with E-state index in [1.54, 1.807) is 0 Å². The first-order chi connectivity index (χ1) is 17.9. The summed E-state index contributed by atoms with van der Waals surface area (Å²) in [5.41, 5.74) is 2.02. The Bertz CT molecular complexity index is 1060. The highest BCUT2D eigenvalue weighted by Crippen LogP contribution is 2.43. The van der Waals surface area contributed by atoms with Gasteiger partial charge in [-0.05, 0) is 55.5 Å². The van der Waals surface area contributed by atoms with Crippen LogP contribution in [-0.2, 0) is 23.1 Å². The third-order valence-corrected chi connectivity index (χ3v) is 7.66. The average Bonchev–Trinajstić information content (AvgIpc) is 3.60. The van der Waals surface area contributed by atoms with E-state index < -0.39 is 11.9 Å². The van der Waals surface area contributed by atoms with E-state index in [0.29, 0.717) is 44.0 Å². The summed E-state index contributed by atoms with van der Waals surface area (Å²) in [5.74, 6) is -0.504. The maximum Gasteiger partial charge on any atom is 0.308 e. The largest absolute Gasteiger partial charge is 0.481 e. The highest BCUT2D eigenvalue weighted by atomic mass is 16.7. The number of fused-ring (bicyclic) bond motifs is 1. The number of hydrogen-bond acceptors (Lipinski definition) is 6.